The van der Waals surface area contributed by atoms with Gasteiger partial charge in [0.1, 0.15) is 0 Å². The Kier molecular flexibility index (Phi) is 8.85. The van der Waals surface area contributed by atoms with Gasteiger partial charge < -0.3 is 10.6 Å². The molecule has 3 amide bonds. The van der Waals surface area contributed by atoms with Crippen LogP contribution in [0.2, 0.25) is 0 Å². The Bertz CT molecular complexity index is 342. The minimum absolute atomic E-state index is 0. The van der Waals surface area contributed by atoms with Gasteiger partial charge in [-0.3, -0.25) is 15.0 Å². The van der Waals surface area contributed by atoms with Gasteiger partial charge in [-0.25, -0.2) is 4.79 Å². The van der Waals surface area contributed by atoms with Crippen molar-refractivity contribution < 1.29 is 9.59 Å². The SMILES string of the molecule is CNCC1CCCN(CC(=O)NC(=O)NC(C)(C)C)C1.Cl. The van der Waals surface area contributed by atoms with Gasteiger partial charge in [-0.2, -0.15) is 0 Å². The molecule has 1 rings (SSSR count). The van der Waals surface area contributed by atoms with Crippen LogP contribution in [0.1, 0.15) is 33.6 Å². The van der Waals surface area contributed by atoms with Gasteiger partial charge >= 0.3 is 6.03 Å². The summed E-state index contributed by atoms with van der Waals surface area (Å²) in [5.74, 6) is 0.349. The molecule has 0 aromatic heterocycles. The van der Waals surface area contributed by atoms with Crippen LogP contribution in [0.15, 0.2) is 0 Å². The number of hydrogen-bond donors (Lipinski definition) is 3. The summed E-state index contributed by atoms with van der Waals surface area (Å²) in [5.41, 5.74) is -0.340. The van der Waals surface area contributed by atoms with E-state index in [0.29, 0.717) is 5.92 Å². The lowest BCUT2D eigenvalue weighted by Gasteiger charge is -2.32. The number of piperidine rings is 1. The average Bonchev–Trinajstić information content (AvgIpc) is 2.26. The summed E-state index contributed by atoms with van der Waals surface area (Å²) in [6, 6.07) is -0.425. The third kappa shape index (κ3) is 8.90. The zero-order valence-electron chi connectivity index (χ0n) is 13.5. The van der Waals surface area contributed by atoms with Crippen LogP contribution in [0, 0.1) is 5.92 Å². The van der Waals surface area contributed by atoms with Crippen molar-refractivity contribution in [3.8, 4) is 0 Å². The van der Waals surface area contributed by atoms with Crippen molar-refractivity contribution in [3.63, 3.8) is 0 Å². The van der Waals surface area contributed by atoms with Crippen molar-refractivity contribution in [2.24, 2.45) is 5.92 Å². The number of imide groups is 1. The predicted molar refractivity (Wildman–Crippen MR) is 86.8 cm³/mol. The number of carbonyl (C=O) groups excluding carboxylic acids is 2. The van der Waals surface area contributed by atoms with E-state index < -0.39 is 6.03 Å². The van der Waals surface area contributed by atoms with Crippen molar-refractivity contribution in [1.29, 1.82) is 0 Å². The highest BCUT2D eigenvalue weighted by Gasteiger charge is 2.22. The van der Waals surface area contributed by atoms with E-state index in [9.17, 15) is 9.59 Å². The molecule has 0 radical (unpaired) electrons. The highest BCUT2D eigenvalue weighted by Crippen LogP contribution is 2.15. The van der Waals surface area contributed by atoms with Crippen LogP contribution in [0.25, 0.3) is 0 Å². The second-order valence-electron chi connectivity index (χ2n) is 6.55. The van der Waals surface area contributed by atoms with E-state index >= 15 is 0 Å². The summed E-state index contributed by atoms with van der Waals surface area (Å²) in [4.78, 5) is 25.6. The highest BCUT2D eigenvalue weighted by atomic mass is 35.5. The fraction of sp³-hybridized carbons (Fsp3) is 0.857. The van der Waals surface area contributed by atoms with Crippen molar-refractivity contribution in [2.45, 2.75) is 39.2 Å². The standard InChI is InChI=1S/C14H28N4O2.ClH/c1-14(2,3)17-13(20)16-12(19)10-18-7-5-6-11(9-18)8-15-4;/h11,15H,5-10H2,1-4H3,(H2,16,17,19,20);1H. The number of carbonyl (C=O) groups is 2. The molecule has 21 heavy (non-hydrogen) atoms. The van der Waals surface area contributed by atoms with E-state index in [-0.39, 0.29) is 30.4 Å². The number of urea groups is 1. The molecule has 0 aromatic rings. The number of nitrogens with zero attached hydrogens (tertiary/aromatic N) is 1. The Labute approximate surface area is 133 Å². The van der Waals surface area contributed by atoms with E-state index in [4.69, 9.17) is 0 Å². The van der Waals surface area contributed by atoms with Crippen LogP contribution in [0.5, 0.6) is 0 Å². The molecular weight excluding hydrogens is 292 g/mol. The molecule has 3 N–H and O–H groups in total. The Balaban J connectivity index is 0.00000400. The first-order valence-electron chi connectivity index (χ1n) is 7.29. The van der Waals surface area contributed by atoms with E-state index in [1.807, 2.05) is 27.8 Å². The summed E-state index contributed by atoms with van der Waals surface area (Å²) in [6.45, 7) is 8.74. The molecule has 124 valence electrons. The van der Waals surface area contributed by atoms with Crippen molar-refractivity contribution in [2.75, 3.05) is 33.2 Å². The molecule has 1 fully saturated rings. The number of rotatable bonds is 4. The summed E-state index contributed by atoms with van der Waals surface area (Å²) in [7, 11) is 1.95. The first-order chi connectivity index (χ1) is 9.30. The maximum Gasteiger partial charge on any atom is 0.321 e. The summed E-state index contributed by atoms with van der Waals surface area (Å²) < 4.78 is 0. The van der Waals surface area contributed by atoms with Gasteiger partial charge in [-0.15, -0.1) is 12.4 Å². The minimum atomic E-state index is -0.425. The average molecular weight is 321 g/mol. The molecule has 1 unspecified atom stereocenters. The monoisotopic (exact) mass is 320 g/mol. The molecule has 1 aliphatic rings. The molecule has 1 aliphatic heterocycles. The molecule has 0 bridgehead atoms. The Morgan fingerprint density at radius 2 is 1.95 bits per heavy atom. The third-order valence-corrected chi connectivity index (χ3v) is 3.20. The summed E-state index contributed by atoms with van der Waals surface area (Å²) in [6.07, 6.45) is 2.30. The predicted octanol–water partition coefficient (Wildman–Crippen LogP) is 0.964. The first kappa shape index (κ1) is 20.1. The first-order valence-corrected chi connectivity index (χ1v) is 7.29. The van der Waals surface area contributed by atoms with Crippen LogP contribution >= 0.6 is 12.4 Å². The lowest BCUT2D eigenvalue weighted by atomic mass is 9.98. The Hall–Kier alpha value is -0.850. The Morgan fingerprint density at radius 1 is 1.29 bits per heavy atom. The van der Waals surface area contributed by atoms with Crippen LogP contribution in [-0.2, 0) is 4.79 Å². The van der Waals surface area contributed by atoms with Gasteiger partial charge in [0, 0.05) is 12.1 Å². The van der Waals surface area contributed by atoms with Crippen molar-refractivity contribution >= 4 is 24.3 Å². The van der Waals surface area contributed by atoms with Gasteiger partial charge in [0.05, 0.1) is 6.54 Å². The lowest BCUT2D eigenvalue weighted by molar-refractivity contribution is -0.121. The van der Waals surface area contributed by atoms with Crippen LogP contribution in [0.4, 0.5) is 4.79 Å². The largest absolute Gasteiger partial charge is 0.333 e. The molecule has 7 heteroatoms. The molecule has 0 aromatic carbocycles. The molecule has 1 saturated heterocycles. The van der Waals surface area contributed by atoms with E-state index in [1.165, 1.54) is 6.42 Å². The molecule has 6 nitrogen and oxygen atoms in total. The minimum Gasteiger partial charge on any atom is -0.333 e. The van der Waals surface area contributed by atoms with Crippen molar-refractivity contribution in [3.05, 3.63) is 0 Å². The van der Waals surface area contributed by atoms with E-state index in [0.717, 1.165) is 26.1 Å². The highest BCUT2D eigenvalue weighted by molar-refractivity contribution is 5.95. The fourth-order valence-corrected chi connectivity index (χ4v) is 2.49. The van der Waals surface area contributed by atoms with Gasteiger partial charge in [-0.1, -0.05) is 0 Å². The zero-order chi connectivity index (χ0) is 15.2. The Morgan fingerprint density at radius 3 is 2.52 bits per heavy atom. The normalized spacial score (nSPS) is 19.5. The zero-order valence-corrected chi connectivity index (χ0v) is 14.3. The van der Waals surface area contributed by atoms with Crippen LogP contribution in [0.3, 0.4) is 0 Å². The lowest BCUT2D eigenvalue weighted by Crippen LogP contribution is -2.51. The number of halogens is 1. The third-order valence-electron chi connectivity index (χ3n) is 3.20. The smallest absolute Gasteiger partial charge is 0.321 e. The molecule has 1 heterocycles. The topological polar surface area (TPSA) is 73.5 Å². The van der Waals surface area contributed by atoms with Gasteiger partial charge in [-0.05, 0) is 59.7 Å². The second kappa shape index (κ2) is 9.23. The quantitative estimate of drug-likeness (QED) is 0.721. The van der Waals surface area contributed by atoms with Crippen LogP contribution < -0.4 is 16.0 Å². The number of hydrogen-bond acceptors (Lipinski definition) is 4. The van der Waals surface area contributed by atoms with Crippen LogP contribution in [-0.4, -0.2) is 55.6 Å². The van der Waals surface area contributed by atoms with E-state index in [2.05, 4.69) is 20.9 Å². The number of nitrogens with one attached hydrogen (secondary N) is 3. The molecule has 1 atom stereocenters. The van der Waals surface area contributed by atoms with Gasteiger partial charge in [0.2, 0.25) is 5.91 Å². The summed E-state index contributed by atoms with van der Waals surface area (Å²) in [5, 5.41) is 8.28. The molecule has 0 saturated carbocycles. The number of amides is 3. The van der Waals surface area contributed by atoms with Gasteiger partial charge in [0.25, 0.3) is 0 Å². The molecule has 0 aliphatic carbocycles. The second-order valence-corrected chi connectivity index (χ2v) is 6.55. The fourth-order valence-electron chi connectivity index (χ4n) is 2.49. The summed E-state index contributed by atoms with van der Waals surface area (Å²) >= 11 is 0. The molecular formula is C14H29ClN4O2. The van der Waals surface area contributed by atoms with Crippen molar-refractivity contribution in [1.82, 2.24) is 20.9 Å². The maximum atomic E-state index is 11.8. The van der Waals surface area contributed by atoms with Gasteiger partial charge in [0.15, 0.2) is 0 Å². The maximum absolute atomic E-state index is 11.8. The van der Waals surface area contributed by atoms with E-state index in [1.54, 1.807) is 0 Å². The molecule has 0 spiro atoms. The number of likely N-dealkylation sites (tertiary alicyclic amines) is 1.